The van der Waals surface area contributed by atoms with Gasteiger partial charge in [-0.2, -0.15) is 9.40 Å². The molecule has 1 N–H and O–H groups in total. The summed E-state index contributed by atoms with van der Waals surface area (Å²) in [5.74, 6) is -1.07. The van der Waals surface area contributed by atoms with E-state index in [0.29, 0.717) is 13.1 Å². The number of rotatable bonds is 4. The molecule has 20 heavy (non-hydrogen) atoms. The molecule has 0 radical (unpaired) electrons. The van der Waals surface area contributed by atoms with Gasteiger partial charge in [0.1, 0.15) is 11.4 Å². The third-order valence-corrected chi connectivity index (χ3v) is 5.34. The van der Waals surface area contributed by atoms with Crippen molar-refractivity contribution in [3.63, 3.8) is 0 Å². The smallest absolute Gasteiger partial charge is 0.325 e. The van der Waals surface area contributed by atoms with Crippen molar-refractivity contribution in [2.45, 2.75) is 36.5 Å². The van der Waals surface area contributed by atoms with Crippen molar-refractivity contribution >= 4 is 16.0 Å². The minimum absolute atomic E-state index is 0.0278. The minimum Gasteiger partial charge on any atom is -0.480 e. The zero-order valence-electron chi connectivity index (χ0n) is 10.7. The van der Waals surface area contributed by atoms with Crippen LogP contribution in [0.1, 0.15) is 12.8 Å². The van der Waals surface area contributed by atoms with E-state index in [1.54, 1.807) is 0 Å². The van der Waals surface area contributed by atoms with Crippen LogP contribution in [0.2, 0.25) is 0 Å². The second-order valence-electron chi connectivity index (χ2n) is 5.05. The molecular weight excluding hydrogens is 286 g/mol. The molecule has 2 unspecified atom stereocenters. The van der Waals surface area contributed by atoms with Crippen LogP contribution in [0.5, 0.6) is 0 Å². The van der Waals surface area contributed by atoms with E-state index < -0.39 is 16.0 Å². The summed E-state index contributed by atoms with van der Waals surface area (Å²) in [6.45, 7) is 0.343. The first-order valence-corrected chi connectivity index (χ1v) is 7.79. The lowest BCUT2D eigenvalue weighted by atomic mass is 10.2. The molecule has 9 heteroatoms. The van der Waals surface area contributed by atoms with Gasteiger partial charge in [0.15, 0.2) is 0 Å². The summed E-state index contributed by atoms with van der Waals surface area (Å²) in [7, 11) is -3.63. The number of fused-ring (bicyclic) bond motifs is 2. The fraction of sp³-hybridized carbons (Fsp3) is 0.636. The molecule has 1 aromatic heterocycles. The van der Waals surface area contributed by atoms with E-state index in [9.17, 15) is 13.2 Å². The maximum atomic E-state index is 12.5. The number of hydrogen-bond donors (Lipinski definition) is 1. The molecule has 2 bridgehead atoms. The Morgan fingerprint density at radius 3 is 2.65 bits per heavy atom. The van der Waals surface area contributed by atoms with E-state index in [2.05, 4.69) is 5.10 Å². The van der Waals surface area contributed by atoms with E-state index in [1.165, 1.54) is 16.7 Å². The van der Waals surface area contributed by atoms with Crippen LogP contribution in [-0.4, -0.2) is 58.9 Å². The number of morpholine rings is 1. The molecule has 2 aliphatic heterocycles. The first kappa shape index (κ1) is 13.5. The molecule has 0 spiro atoms. The van der Waals surface area contributed by atoms with E-state index in [4.69, 9.17) is 9.84 Å². The molecule has 2 aliphatic rings. The van der Waals surface area contributed by atoms with Gasteiger partial charge in [-0.3, -0.25) is 9.48 Å². The Hall–Kier alpha value is -1.45. The summed E-state index contributed by atoms with van der Waals surface area (Å²) < 4.78 is 33.1. The lowest BCUT2D eigenvalue weighted by Gasteiger charge is -2.30. The van der Waals surface area contributed by atoms with Crippen LogP contribution in [0, 0.1) is 0 Å². The molecule has 0 amide bonds. The molecule has 0 aromatic carbocycles. The average Bonchev–Trinajstić information content (AvgIpc) is 2.96. The Labute approximate surface area is 116 Å². The Kier molecular flexibility index (Phi) is 3.27. The average molecular weight is 301 g/mol. The summed E-state index contributed by atoms with van der Waals surface area (Å²) in [5.41, 5.74) is 0. The highest BCUT2D eigenvalue weighted by molar-refractivity contribution is 7.89. The van der Waals surface area contributed by atoms with E-state index in [-0.39, 0.29) is 23.6 Å². The molecule has 2 fully saturated rings. The highest BCUT2D eigenvalue weighted by Gasteiger charge is 2.39. The van der Waals surface area contributed by atoms with Crippen LogP contribution in [-0.2, 0) is 26.1 Å². The van der Waals surface area contributed by atoms with E-state index >= 15 is 0 Å². The van der Waals surface area contributed by atoms with Gasteiger partial charge < -0.3 is 9.84 Å². The highest BCUT2D eigenvalue weighted by Crippen LogP contribution is 2.29. The fourth-order valence-corrected chi connectivity index (χ4v) is 4.08. The van der Waals surface area contributed by atoms with Gasteiger partial charge in [0.2, 0.25) is 10.0 Å². The molecule has 3 heterocycles. The largest absolute Gasteiger partial charge is 0.480 e. The molecular formula is C11H15N3O5S. The van der Waals surface area contributed by atoms with Crippen molar-refractivity contribution in [1.29, 1.82) is 0 Å². The van der Waals surface area contributed by atoms with Crippen molar-refractivity contribution in [2.75, 3.05) is 13.1 Å². The van der Waals surface area contributed by atoms with Crippen LogP contribution < -0.4 is 0 Å². The number of nitrogens with zero attached hydrogens (tertiary/aromatic N) is 3. The van der Waals surface area contributed by atoms with Crippen molar-refractivity contribution in [3.05, 3.63) is 12.4 Å². The number of carbonyl (C=O) groups is 1. The van der Waals surface area contributed by atoms with Gasteiger partial charge >= 0.3 is 5.97 Å². The zero-order chi connectivity index (χ0) is 14.3. The van der Waals surface area contributed by atoms with Gasteiger partial charge in [0.05, 0.1) is 18.4 Å². The number of aromatic nitrogens is 2. The van der Waals surface area contributed by atoms with Crippen molar-refractivity contribution < 1.29 is 23.1 Å². The summed E-state index contributed by atoms with van der Waals surface area (Å²) in [4.78, 5) is 10.6. The quantitative estimate of drug-likeness (QED) is 0.806. The zero-order valence-corrected chi connectivity index (χ0v) is 11.5. The predicted molar refractivity (Wildman–Crippen MR) is 66.5 cm³/mol. The summed E-state index contributed by atoms with van der Waals surface area (Å²) in [5, 5.41) is 12.4. The van der Waals surface area contributed by atoms with Gasteiger partial charge in [-0.1, -0.05) is 0 Å². The molecule has 8 nitrogen and oxygen atoms in total. The minimum atomic E-state index is -3.63. The number of ether oxygens (including phenoxy) is 1. The Bertz CT molecular complexity index is 614. The third kappa shape index (κ3) is 2.43. The van der Waals surface area contributed by atoms with Crippen LogP contribution >= 0.6 is 0 Å². The normalized spacial score (nSPS) is 26.8. The monoisotopic (exact) mass is 301 g/mol. The fourth-order valence-electron chi connectivity index (χ4n) is 2.63. The third-order valence-electron chi connectivity index (χ3n) is 3.55. The standard InChI is InChI=1S/C11H15N3O5S/c15-11(16)7-13-6-10(3-12-13)20(17,18)14-4-8-1-2-9(5-14)19-8/h3,6,8-9H,1-2,4-5,7H2,(H,15,16). The topological polar surface area (TPSA) is 102 Å². The van der Waals surface area contributed by atoms with Crippen LogP contribution in [0.3, 0.4) is 0 Å². The van der Waals surface area contributed by atoms with Crippen LogP contribution in [0.25, 0.3) is 0 Å². The summed E-state index contributed by atoms with van der Waals surface area (Å²) in [6.07, 6.45) is 4.15. The number of carboxylic acid groups (broad SMARTS) is 1. The first-order chi connectivity index (χ1) is 9.45. The summed E-state index contributed by atoms with van der Waals surface area (Å²) in [6, 6.07) is 0. The molecule has 0 aliphatic carbocycles. The Morgan fingerprint density at radius 1 is 1.40 bits per heavy atom. The molecule has 1 aromatic rings. The van der Waals surface area contributed by atoms with Gasteiger partial charge in [-0.05, 0) is 12.8 Å². The summed E-state index contributed by atoms with van der Waals surface area (Å²) >= 11 is 0. The molecule has 2 atom stereocenters. The maximum absolute atomic E-state index is 12.5. The van der Waals surface area contributed by atoms with E-state index in [0.717, 1.165) is 17.5 Å². The predicted octanol–water partition coefficient (Wildman–Crippen LogP) is -0.480. The second-order valence-corrected chi connectivity index (χ2v) is 6.98. The first-order valence-electron chi connectivity index (χ1n) is 6.35. The lowest BCUT2D eigenvalue weighted by Crippen LogP contribution is -2.45. The van der Waals surface area contributed by atoms with Gasteiger partial charge in [0.25, 0.3) is 0 Å². The lowest BCUT2D eigenvalue weighted by molar-refractivity contribution is -0.137. The Morgan fingerprint density at radius 2 is 2.05 bits per heavy atom. The highest BCUT2D eigenvalue weighted by atomic mass is 32.2. The maximum Gasteiger partial charge on any atom is 0.325 e. The number of carboxylic acids is 1. The molecule has 3 rings (SSSR count). The Balaban J connectivity index is 1.81. The van der Waals surface area contributed by atoms with Gasteiger partial charge in [-0.25, -0.2) is 8.42 Å². The van der Waals surface area contributed by atoms with Crippen LogP contribution in [0.15, 0.2) is 17.3 Å². The molecule has 2 saturated heterocycles. The van der Waals surface area contributed by atoms with Crippen molar-refractivity contribution in [1.82, 2.24) is 14.1 Å². The number of hydrogen-bond acceptors (Lipinski definition) is 5. The van der Waals surface area contributed by atoms with Crippen molar-refractivity contribution in [3.8, 4) is 0 Å². The number of aliphatic carboxylic acids is 1. The second kappa shape index (κ2) is 4.83. The SMILES string of the molecule is O=C(O)Cn1cc(S(=O)(=O)N2CC3CCC(C2)O3)cn1. The molecule has 110 valence electrons. The van der Waals surface area contributed by atoms with Gasteiger partial charge in [0, 0.05) is 19.3 Å². The molecule has 0 saturated carbocycles. The van der Waals surface area contributed by atoms with E-state index in [1.807, 2.05) is 0 Å². The number of sulfonamides is 1. The van der Waals surface area contributed by atoms with Gasteiger partial charge in [-0.15, -0.1) is 0 Å². The van der Waals surface area contributed by atoms with Crippen LogP contribution in [0.4, 0.5) is 0 Å². The van der Waals surface area contributed by atoms with Crippen molar-refractivity contribution in [2.24, 2.45) is 0 Å².